The van der Waals surface area contributed by atoms with Crippen molar-refractivity contribution in [3.8, 4) is 0 Å². The van der Waals surface area contributed by atoms with Gasteiger partial charge in [-0.05, 0) is 19.3 Å². The third kappa shape index (κ3) is 2.85. The maximum atomic E-state index is 5.27. The number of ether oxygens (including phenoxy) is 1. The van der Waals surface area contributed by atoms with Crippen molar-refractivity contribution in [2.45, 2.75) is 40.2 Å². The molecule has 1 saturated heterocycles. The molecule has 0 N–H and O–H groups in total. The van der Waals surface area contributed by atoms with Crippen LogP contribution in [0, 0.1) is 5.92 Å². The summed E-state index contributed by atoms with van der Waals surface area (Å²) in [6.07, 6.45) is 1.77. The molecule has 0 amide bonds. The summed E-state index contributed by atoms with van der Waals surface area (Å²) < 4.78 is 5.27. The lowest BCUT2D eigenvalue weighted by molar-refractivity contribution is 0.109. The Kier molecular flexibility index (Phi) is 4.78. The number of hydrogen-bond acceptors (Lipinski definition) is 1. The topological polar surface area (TPSA) is 9.23 Å². The first kappa shape index (κ1) is 8.96. The molecule has 0 aromatic carbocycles. The van der Waals surface area contributed by atoms with E-state index in [0.717, 1.165) is 12.5 Å². The van der Waals surface area contributed by atoms with Crippen molar-refractivity contribution in [3.63, 3.8) is 0 Å². The predicted molar refractivity (Wildman–Crippen MR) is 40.5 cm³/mol. The smallest absolute Gasteiger partial charge is 0.0573 e. The van der Waals surface area contributed by atoms with Gasteiger partial charge in [0.1, 0.15) is 0 Å². The molecule has 0 spiro atoms. The van der Waals surface area contributed by atoms with E-state index in [-0.39, 0.29) is 0 Å². The molecule has 56 valence electrons. The Morgan fingerprint density at radius 1 is 1.22 bits per heavy atom. The highest BCUT2D eigenvalue weighted by Crippen LogP contribution is 2.18. The highest BCUT2D eigenvalue weighted by atomic mass is 16.5. The van der Waals surface area contributed by atoms with E-state index >= 15 is 0 Å². The van der Waals surface area contributed by atoms with Crippen molar-refractivity contribution in [2.75, 3.05) is 6.61 Å². The molecule has 2 atom stereocenters. The van der Waals surface area contributed by atoms with Gasteiger partial charge in [0.25, 0.3) is 0 Å². The standard InChI is InChI=1S/C6H12O.C2H6/c1-5-3-4-7-6(5)2;1-2/h5-6H,3-4H2,1-2H3;1-2H3. The minimum Gasteiger partial charge on any atom is -0.378 e. The lowest BCUT2D eigenvalue weighted by atomic mass is 10.1. The maximum absolute atomic E-state index is 5.27. The molecule has 0 aromatic rings. The van der Waals surface area contributed by atoms with E-state index in [9.17, 15) is 0 Å². The van der Waals surface area contributed by atoms with Gasteiger partial charge < -0.3 is 4.74 Å². The van der Waals surface area contributed by atoms with Gasteiger partial charge in [-0.15, -0.1) is 0 Å². The normalized spacial score (nSPS) is 33.3. The molecule has 0 bridgehead atoms. The van der Waals surface area contributed by atoms with Crippen LogP contribution in [0.5, 0.6) is 0 Å². The van der Waals surface area contributed by atoms with Crippen molar-refractivity contribution in [1.29, 1.82) is 0 Å². The molecule has 1 aliphatic heterocycles. The zero-order valence-electron chi connectivity index (χ0n) is 6.98. The van der Waals surface area contributed by atoms with Gasteiger partial charge >= 0.3 is 0 Å². The SMILES string of the molecule is CC.CC1CCOC1C. The summed E-state index contributed by atoms with van der Waals surface area (Å²) in [5, 5.41) is 0. The van der Waals surface area contributed by atoms with Gasteiger partial charge in [-0.25, -0.2) is 0 Å². The average Bonchev–Trinajstić information content (AvgIpc) is 2.23. The van der Waals surface area contributed by atoms with E-state index in [4.69, 9.17) is 4.74 Å². The molecule has 1 fully saturated rings. The van der Waals surface area contributed by atoms with Crippen LogP contribution in [-0.4, -0.2) is 12.7 Å². The second-order valence-corrected chi connectivity index (χ2v) is 2.34. The predicted octanol–water partition coefficient (Wildman–Crippen LogP) is 2.46. The third-order valence-corrected chi connectivity index (χ3v) is 1.76. The molecule has 1 nitrogen and oxygen atoms in total. The highest BCUT2D eigenvalue weighted by molar-refractivity contribution is 4.66. The Hall–Kier alpha value is -0.0400. The van der Waals surface area contributed by atoms with Crippen LogP contribution < -0.4 is 0 Å². The molecular weight excluding hydrogens is 112 g/mol. The van der Waals surface area contributed by atoms with Crippen LogP contribution >= 0.6 is 0 Å². The van der Waals surface area contributed by atoms with E-state index < -0.39 is 0 Å². The van der Waals surface area contributed by atoms with E-state index in [1.807, 2.05) is 13.8 Å². The zero-order chi connectivity index (χ0) is 7.28. The van der Waals surface area contributed by atoms with Crippen LogP contribution in [0.15, 0.2) is 0 Å². The Balaban J connectivity index is 0.000000291. The van der Waals surface area contributed by atoms with Gasteiger partial charge in [0, 0.05) is 6.61 Å². The third-order valence-electron chi connectivity index (χ3n) is 1.76. The largest absolute Gasteiger partial charge is 0.378 e. The van der Waals surface area contributed by atoms with E-state index in [1.54, 1.807) is 0 Å². The number of hydrogen-bond donors (Lipinski definition) is 0. The Morgan fingerprint density at radius 3 is 1.89 bits per heavy atom. The first-order valence-electron chi connectivity index (χ1n) is 3.92. The summed E-state index contributed by atoms with van der Waals surface area (Å²) >= 11 is 0. The molecule has 0 saturated carbocycles. The monoisotopic (exact) mass is 130 g/mol. The van der Waals surface area contributed by atoms with Crippen molar-refractivity contribution in [3.05, 3.63) is 0 Å². The summed E-state index contributed by atoms with van der Waals surface area (Å²) in [4.78, 5) is 0. The van der Waals surface area contributed by atoms with Crippen molar-refractivity contribution < 1.29 is 4.74 Å². The van der Waals surface area contributed by atoms with Gasteiger partial charge in [-0.3, -0.25) is 0 Å². The van der Waals surface area contributed by atoms with Crippen LogP contribution in [0.4, 0.5) is 0 Å². The molecule has 0 aliphatic carbocycles. The minimum atomic E-state index is 0.514. The van der Waals surface area contributed by atoms with E-state index in [2.05, 4.69) is 13.8 Å². The van der Waals surface area contributed by atoms with Crippen LogP contribution in [0.25, 0.3) is 0 Å². The maximum Gasteiger partial charge on any atom is 0.0573 e. The van der Waals surface area contributed by atoms with E-state index in [1.165, 1.54) is 6.42 Å². The van der Waals surface area contributed by atoms with Crippen LogP contribution in [0.1, 0.15) is 34.1 Å². The fourth-order valence-electron chi connectivity index (χ4n) is 0.839. The Labute approximate surface area is 58.4 Å². The second-order valence-electron chi connectivity index (χ2n) is 2.34. The summed E-state index contributed by atoms with van der Waals surface area (Å²) in [6, 6.07) is 0. The molecule has 1 aliphatic rings. The molecule has 1 heterocycles. The summed E-state index contributed by atoms with van der Waals surface area (Å²) in [5.41, 5.74) is 0. The van der Waals surface area contributed by atoms with Gasteiger partial charge in [0.15, 0.2) is 0 Å². The molecule has 1 rings (SSSR count). The summed E-state index contributed by atoms with van der Waals surface area (Å²) in [6.45, 7) is 9.34. The second kappa shape index (κ2) is 4.80. The van der Waals surface area contributed by atoms with Crippen molar-refractivity contribution in [2.24, 2.45) is 5.92 Å². The zero-order valence-corrected chi connectivity index (χ0v) is 6.98. The highest BCUT2D eigenvalue weighted by Gasteiger charge is 2.18. The van der Waals surface area contributed by atoms with Crippen LogP contribution in [0.2, 0.25) is 0 Å². The lowest BCUT2D eigenvalue weighted by Gasteiger charge is -2.04. The van der Waals surface area contributed by atoms with Gasteiger partial charge in [0.2, 0.25) is 0 Å². The summed E-state index contributed by atoms with van der Waals surface area (Å²) in [5.74, 6) is 0.792. The molecule has 0 aromatic heterocycles. The average molecular weight is 130 g/mol. The quantitative estimate of drug-likeness (QED) is 0.489. The van der Waals surface area contributed by atoms with Crippen molar-refractivity contribution in [1.82, 2.24) is 0 Å². The molecular formula is C8H18O. The molecule has 9 heavy (non-hydrogen) atoms. The molecule has 2 unspecified atom stereocenters. The first-order valence-corrected chi connectivity index (χ1v) is 3.92. The van der Waals surface area contributed by atoms with Crippen LogP contribution in [0.3, 0.4) is 0 Å². The molecule has 1 heteroatoms. The Bertz CT molecular complexity index is 53.6. The lowest BCUT2D eigenvalue weighted by Crippen LogP contribution is -2.05. The Morgan fingerprint density at radius 2 is 1.78 bits per heavy atom. The molecule has 0 radical (unpaired) electrons. The van der Waals surface area contributed by atoms with Gasteiger partial charge in [-0.2, -0.15) is 0 Å². The van der Waals surface area contributed by atoms with Gasteiger partial charge in [0.05, 0.1) is 6.10 Å². The first-order chi connectivity index (χ1) is 4.30. The van der Waals surface area contributed by atoms with Crippen molar-refractivity contribution >= 4 is 0 Å². The van der Waals surface area contributed by atoms with Gasteiger partial charge in [-0.1, -0.05) is 20.8 Å². The fraction of sp³-hybridized carbons (Fsp3) is 1.00. The summed E-state index contributed by atoms with van der Waals surface area (Å²) in [7, 11) is 0. The fourth-order valence-corrected chi connectivity index (χ4v) is 0.839. The van der Waals surface area contributed by atoms with Crippen LogP contribution in [-0.2, 0) is 4.74 Å². The number of rotatable bonds is 0. The van der Waals surface area contributed by atoms with E-state index in [0.29, 0.717) is 6.10 Å². The minimum absolute atomic E-state index is 0.514.